The Morgan fingerprint density at radius 3 is 2.31 bits per heavy atom. The van der Waals surface area contributed by atoms with Gasteiger partial charge in [0, 0.05) is 18.8 Å². The van der Waals surface area contributed by atoms with Gasteiger partial charge in [-0.3, -0.25) is 9.78 Å². The number of amides is 3. The molecular formula is C24H34N5O5S. The van der Waals surface area contributed by atoms with Crippen LogP contribution in [0.25, 0.3) is 0 Å². The van der Waals surface area contributed by atoms with E-state index in [9.17, 15) is 18.0 Å². The molecule has 0 saturated heterocycles. The Morgan fingerprint density at radius 1 is 1.09 bits per heavy atom. The highest BCUT2D eigenvalue weighted by Crippen LogP contribution is 2.17. The number of hydrogen-bond acceptors (Lipinski definition) is 7. The van der Waals surface area contributed by atoms with Crippen molar-refractivity contribution in [3.8, 4) is 0 Å². The van der Waals surface area contributed by atoms with E-state index < -0.39 is 16.1 Å². The maximum Gasteiger partial charge on any atom is 0.328 e. The van der Waals surface area contributed by atoms with Gasteiger partial charge in [-0.2, -0.15) is 0 Å². The maximum atomic E-state index is 12.4. The molecule has 1 fully saturated rings. The van der Waals surface area contributed by atoms with Gasteiger partial charge < -0.3 is 15.7 Å². The maximum absolute atomic E-state index is 12.4. The van der Waals surface area contributed by atoms with Crippen molar-refractivity contribution in [3.63, 3.8) is 0 Å². The van der Waals surface area contributed by atoms with E-state index in [0.717, 1.165) is 56.4 Å². The molecule has 3 rings (SSSR count). The summed E-state index contributed by atoms with van der Waals surface area (Å²) < 4.78 is 26.9. The number of rotatable bonds is 8. The fourth-order valence-corrected chi connectivity index (χ4v) is 4.31. The highest BCUT2D eigenvalue weighted by Gasteiger charge is 2.21. The standard InChI is InChI=1S/C21H27N5O4S.C3H7O/c1-15-13-24-19(14-23-15)20(27)22-12-11-16-7-9-18(10-8-16)31(29,30)26-21(28)25-17-5-3-2-4-6-17;1-2-3-4/h7-10,13-14,17H,2-6,11-12H2,1H3,(H,22,27)(H2,25,26,28);3-4H,2H2,1H3. The Kier molecular flexibility index (Phi) is 11.6. The molecule has 4 N–H and O–H groups in total. The topological polar surface area (TPSA) is 150 Å². The van der Waals surface area contributed by atoms with Gasteiger partial charge >= 0.3 is 6.03 Å². The van der Waals surface area contributed by atoms with Crippen LogP contribution in [0.2, 0.25) is 0 Å². The van der Waals surface area contributed by atoms with Crippen LogP contribution in [0.5, 0.6) is 0 Å². The van der Waals surface area contributed by atoms with Crippen molar-refractivity contribution < 1.29 is 23.1 Å². The second kappa shape index (κ2) is 14.4. The molecule has 1 radical (unpaired) electrons. The van der Waals surface area contributed by atoms with E-state index in [1.165, 1.54) is 24.5 Å². The molecule has 1 aliphatic rings. The summed E-state index contributed by atoms with van der Waals surface area (Å²) in [6, 6.07) is 5.53. The quantitative estimate of drug-likeness (QED) is 0.431. The third-order valence-corrected chi connectivity index (χ3v) is 6.64. The van der Waals surface area contributed by atoms with E-state index >= 15 is 0 Å². The summed E-state index contributed by atoms with van der Waals surface area (Å²) in [7, 11) is -3.95. The van der Waals surface area contributed by atoms with Gasteiger partial charge in [0.1, 0.15) is 5.69 Å². The summed E-state index contributed by atoms with van der Waals surface area (Å²) in [4.78, 5) is 32.2. The monoisotopic (exact) mass is 504 g/mol. The average Bonchev–Trinajstić information content (AvgIpc) is 2.85. The van der Waals surface area contributed by atoms with Crippen LogP contribution >= 0.6 is 0 Å². The molecule has 1 saturated carbocycles. The van der Waals surface area contributed by atoms with Crippen molar-refractivity contribution in [2.75, 3.05) is 6.54 Å². The highest BCUT2D eigenvalue weighted by molar-refractivity contribution is 7.90. The van der Waals surface area contributed by atoms with Gasteiger partial charge in [-0.25, -0.2) is 22.9 Å². The molecule has 1 aromatic carbocycles. The predicted molar refractivity (Wildman–Crippen MR) is 132 cm³/mol. The second-order valence-electron chi connectivity index (χ2n) is 8.20. The number of carbonyl (C=O) groups is 2. The van der Waals surface area contributed by atoms with Crippen molar-refractivity contribution in [2.45, 2.75) is 69.7 Å². The molecule has 2 aromatic rings. The first-order valence-corrected chi connectivity index (χ1v) is 13.2. The van der Waals surface area contributed by atoms with Crippen LogP contribution in [0, 0.1) is 13.5 Å². The lowest BCUT2D eigenvalue weighted by atomic mass is 9.96. The largest absolute Gasteiger partial charge is 0.390 e. The highest BCUT2D eigenvalue weighted by atomic mass is 32.2. The van der Waals surface area contributed by atoms with E-state index in [1.54, 1.807) is 19.1 Å². The number of aliphatic hydroxyl groups excluding tert-OH is 1. The van der Waals surface area contributed by atoms with Gasteiger partial charge in [-0.05, 0) is 50.3 Å². The van der Waals surface area contributed by atoms with Gasteiger partial charge in [0.25, 0.3) is 15.9 Å². The first-order valence-electron chi connectivity index (χ1n) is 11.7. The van der Waals surface area contributed by atoms with Crippen molar-refractivity contribution in [3.05, 3.63) is 60.2 Å². The Morgan fingerprint density at radius 2 is 1.74 bits per heavy atom. The zero-order chi connectivity index (χ0) is 25.7. The number of aromatic nitrogens is 2. The van der Waals surface area contributed by atoms with Crippen LogP contribution in [-0.2, 0) is 16.4 Å². The van der Waals surface area contributed by atoms with Gasteiger partial charge in [0.05, 0.1) is 23.4 Å². The van der Waals surface area contributed by atoms with Crippen LogP contribution < -0.4 is 15.4 Å². The fraction of sp³-hybridized carbons (Fsp3) is 0.458. The molecule has 0 unspecified atom stereocenters. The SMILES string of the molecule is CC[CH]O.Cc1cnc(C(=O)NCCc2ccc(S(=O)(=O)NC(=O)NC3CCCCC3)cc2)cn1. The molecule has 0 atom stereocenters. The first-order chi connectivity index (χ1) is 16.7. The zero-order valence-corrected chi connectivity index (χ0v) is 21.0. The molecule has 11 heteroatoms. The minimum atomic E-state index is -3.95. The number of hydrogen-bond donors (Lipinski definition) is 4. The third kappa shape index (κ3) is 9.99. The summed E-state index contributed by atoms with van der Waals surface area (Å²) in [5.74, 6) is -0.320. The van der Waals surface area contributed by atoms with E-state index in [1.807, 2.05) is 6.92 Å². The Hall–Kier alpha value is -3.05. The molecule has 10 nitrogen and oxygen atoms in total. The molecule has 0 bridgehead atoms. The lowest BCUT2D eigenvalue weighted by Crippen LogP contribution is -2.45. The summed E-state index contributed by atoms with van der Waals surface area (Å²) in [5, 5.41) is 13.2. The molecular weight excluding hydrogens is 470 g/mol. The van der Waals surface area contributed by atoms with Crippen molar-refractivity contribution in [1.29, 1.82) is 0 Å². The average molecular weight is 505 g/mol. The number of sulfonamides is 1. The van der Waals surface area contributed by atoms with Gasteiger partial charge in [-0.1, -0.05) is 38.3 Å². The number of urea groups is 1. The van der Waals surface area contributed by atoms with E-state index in [2.05, 4.69) is 25.3 Å². The molecule has 1 heterocycles. The number of aliphatic hydroxyl groups is 1. The number of nitrogens with zero attached hydrogens (tertiary/aromatic N) is 2. The van der Waals surface area contributed by atoms with Crippen molar-refractivity contribution >= 4 is 22.0 Å². The van der Waals surface area contributed by atoms with E-state index in [-0.39, 0.29) is 22.5 Å². The Balaban J connectivity index is 0.00000100. The summed E-state index contributed by atoms with van der Waals surface area (Å²) in [6.45, 7) is 5.15. The lowest BCUT2D eigenvalue weighted by Gasteiger charge is -2.22. The molecule has 1 aromatic heterocycles. The molecule has 191 valence electrons. The number of carbonyl (C=O) groups excluding carboxylic acids is 2. The fourth-order valence-electron chi connectivity index (χ4n) is 3.40. The normalized spacial score (nSPS) is 13.8. The molecule has 3 amide bonds. The van der Waals surface area contributed by atoms with Crippen LogP contribution in [0.3, 0.4) is 0 Å². The van der Waals surface area contributed by atoms with Crippen LogP contribution in [-0.4, -0.2) is 48.0 Å². The second-order valence-corrected chi connectivity index (χ2v) is 9.88. The molecule has 0 aliphatic heterocycles. The van der Waals surface area contributed by atoms with Crippen LogP contribution in [0.1, 0.15) is 67.2 Å². The van der Waals surface area contributed by atoms with E-state index in [0.29, 0.717) is 13.0 Å². The molecule has 35 heavy (non-hydrogen) atoms. The Labute approximate surface area is 207 Å². The Bertz CT molecular complexity index is 1030. The number of benzene rings is 1. The van der Waals surface area contributed by atoms with E-state index in [4.69, 9.17) is 5.11 Å². The first kappa shape index (κ1) is 28.2. The van der Waals surface area contributed by atoms with Crippen molar-refractivity contribution in [2.24, 2.45) is 0 Å². The molecule has 0 spiro atoms. The summed E-state index contributed by atoms with van der Waals surface area (Å²) >= 11 is 0. The smallest absolute Gasteiger partial charge is 0.328 e. The summed E-state index contributed by atoms with van der Waals surface area (Å²) in [5.41, 5.74) is 1.82. The van der Waals surface area contributed by atoms with Gasteiger partial charge in [0.2, 0.25) is 0 Å². The third-order valence-electron chi connectivity index (χ3n) is 5.30. The van der Waals surface area contributed by atoms with Gasteiger partial charge in [0.15, 0.2) is 0 Å². The van der Waals surface area contributed by atoms with Crippen LogP contribution in [0.15, 0.2) is 41.6 Å². The minimum Gasteiger partial charge on any atom is -0.390 e. The molecule has 1 aliphatic carbocycles. The predicted octanol–water partition coefficient (Wildman–Crippen LogP) is 3.01. The zero-order valence-electron chi connectivity index (χ0n) is 20.2. The van der Waals surface area contributed by atoms with Crippen LogP contribution in [0.4, 0.5) is 4.79 Å². The van der Waals surface area contributed by atoms with Crippen molar-refractivity contribution in [1.82, 2.24) is 25.3 Å². The summed E-state index contributed by atoms with van der Waals surface area (Å²) in [6.07, 6.45) is 9.18. The number of aryl methyl sites for hydroxylation is 1. The lowest BCUT2D eigenvalue weighted by molar-refractivity contribution is 0.0948. The van der Waals surface area contributed by atoms with Gasteiger partial charge in [-0.15, -0.1) is 0 Å². The number of nitrogens with one attached hydrogen (secondary N) is 3. The minimum absolute atomic E-state index is 0.00834.